The van der Waals surface area contributed by atoms with Crippen molar-refractivity contribution in [2.24, 2.45) is 11.8 Å². The van der Waals surface area contributed by atoms with Gasteiger partial charge >= 0.3 is 29.8 Å². The van der Waals surface area contributed by atoms with Crippen molar-refractivity contribution in [1.29, 1.82) is 0 Å². The summed E-state index contributed by atoms with van der Waals surface area (Å²) >= 11 is 0. The predicted octanol–water partition coefficient (Wildman–Crippen LogP) is 2.33. The molecule has 1 N–H and O–H groups in total. The van der Waals surface area contributed by atoms with Gasteiger partial charge in [0.2, 0.25) is 0 Å². The lowest BCUT2D eigenvalue weighted by Gasteiger charge is -2.41. The van der Waals surface area contributed by atoms with Gasteiger partial charge in [-0.15, -0.1) is 0 Å². The fourth-order valence-corrected chi connectivity index (χ4v) is 4.67. The second kappa shape index (κ2) is 12.6. The first-order valence-corrected chi connectivity index (χ1v) is 12.5. The minimum atomic E-state index is -1.97. The van der Waals surface area contributed by atoms with Crippen molar-refractivity contribution in [3.8, 4) is 0 Å². The van der Waals surface area contributed by atoms with Gasteiger partial charge in [-0.3, -0.25) is 24.0 Å². The summed E-state index contributed by atoms with van der Waals surface area (Å²) in [5.41, 5.74) is -2.11. The van der Waals surface area contributed by atoms with E-state index in [9.17, 15) is 29.1 Å². The molecule has 4 atom stereocenters. The highest BCUT2D eigenvalue weighted by Gasteiger charge is 2.58. The largest absolute Gasteiger partial charge is 0.463 e. The van der Waals surface area contributed by atoms with Gasteiger partial charge in [-0.2, -0.15) is 0 Å². The Hall–Kier alpha value is -3.21. The maximum atomic E-state index is 12.9. The van der Waals surface area contributed by atoms with Gasteiger partial charge in [0.1, 0.15) is 30.5 Å². The second-order valence-corrected chi connectivity index (χ2v) is 10.7. The molecule has 38 heavy (non-hydrogen) atoms. The minimum Gasteiger partial charge on any atom is -0.463 e. The standard InChI is InChI=1S/C27H38O11/c1-15(2)10-23(31)37-22-11-20-19(13-34-16(3)28)8-9-21(25(20)27(22,33)14-35-17(4)29)36-24(32)12-26(6,7)38-18(5)30/h8,11,15,21-22,25,33H,9-10,12-14H2,1-7H3/t21-,22+,25-,27-/m1/s1. The van der Waals surface area contributed by atoms with Gasteiger partial charge in [0.05, 0.1) is 12.3 Å². The van der Waals surface area contributed by atoms with Gasteiger partial charge in [0, 0.05) is 33.6 Å². The molecule has 2 rings (SSSR count). The van der Waals surface area contributed by atoms with Crippen LogP contribution in [0.2, 0.25) is 0 Å². The maximum absolute atomic E-state index is 12.9. The molecular weight excluding hydrogens is 500 g/mol. The Bertz CT molecular complexity index is 1010. The topological polar surface area (TPSA) is 152 Å². The number of rotatable bonds is 11. The third-order valence-corrected chi connectivity index (χ3v) is 6.08. The van der Waals surface area contributed by atoms with Crippen molar-refractivity contribution in [3.05, 3.63) is 23.3 Å². The van der Waals surface area contributed by atoms with E-state index < -0.39 is 65.8 Å². The Kier molecular flexibility index (Phi) is 10.2. The van der Waals surface area contributed by atoms with E-state index in [0.717, 1.165) is 0 Å². The Morgan fingerprint density at radius 1 is 1.00 bits per heavy atom. The first-order valence-electron chi connectivity index (χ1n) is 12.5. The van der Waals surface area contributed by atoms with E-state index in [1.54, 1.807) is 19.9 Å². The summed E-state index contributed by atoms with van der Waals surface area (Å²) in [4.78, 5) is 60.0. The molecule has 0 heterocycles. The fraction of sp³-hybridized carbons (Fsp3) is 0.667. The lowest BCUT2D eigenvalue weighted by Crippen LogP contribution is -2.55. The average molecular weight is 539 g/mol. The molecule has 0 fully saturated rings. The third-order valence-electron chi connectivity index (χ3n) is 6.08. The van der Waals surface area contributed by atoms with Crippen LogP contribution in [-0.2, 0) is 47.7 Å². The van der Waals surface area contributed by atoms with Crippen molar-refractivity contribution >= 4 is 29.8 Å². The molecule has 0 spiro atoms. The zero-order valence-corrected chi connectivity index (χ0v) is 23.0. The Balaban J connectivity index is 2.44. The average Bonchev–Trinajstić information content (AvgIpc) is 3.02. The van der Waals surface area contributed by atoms with Crippen molar-refractivity contribution < 1.29 is 52.8 Å². The Labute approximate surface area is 222 Å². The number of esters is 5. The van der Waals surface area contributed by atoms with Gasteiger partial charge in [-0.1, -0.05) is 19.9 Å². The molecule has 0 unspecified atom stereocenters. The fourth-order valence-electron chi connectivity index (χ4n) is 4.67. The van der Waals surface area contributed by atoms with E-state index in [-0.39, 0.29) is 31.8 Å². The van der Waals surface area contributed by atoms with Crippen LogP contribution in [0, 0.1) is 11.8 Å². The van der Waals surface area contributed by atoms with Gasteiger partial charge in [0.25, 0.3) is 0 Å². The predicted molar refractivity (Wildman–Crippen MR) is 132 cm³/mol. The van der Waals surface area contributed by atoms with Crippen LogP contribution in [0.15, 0.2) is 23.3 Å². The molecule has 0 saturated carbocycles. The molecule has 0 aromatic heterocycles. The van der Waals surface area contributed by atoms with Gasteiger partial charge in [-0.05, 0) is 37.0 Å². The number of fused-ring (bicyclic) bond motifs is 1. The number of hydrogen-bond donors (Lipinski definition) is 1. The first-order chi connectivity index (χ1) is 17.5. The number of aliphatic hydroxyl groups is 1. The molecule has 2 aliphatic rings. The normalized spacial score (nSPS) is 24.5. The SMILES string of the molecule is CC(=O)OCC1=CC[C@@H](OC(=O)CC(C)(C)OC(C)=O)[C@H]2C1=C[C@H](OC(=O)CC(C)C)[C@]2(O)COC(C)=O. The minimum absolute atomic E-state index is 0.00546. The van der Waals surface area contributed by atoms with E-state index in [1.807, 2.05) is 13.8 Å². The van der Waals surface area contributed by atoms with E-state index in [0.29, 0.717) is 11.1 Å². The summed E-state index contributed by atoms with van der Waals surface area (Å²) in [6.45, 7) is 9.81. The lowest BCUT2D eigenvalue weighted by molar-refractivity contribution is -0.189. The highest BCUT2D eigenvalue weighted by Crippen LogP contribution is 2.48. The molecule has 0 radical (unpaired) electrons. The van der Waals surface area contributed by atoms with Crippen molar-refractivity contribution in [2.45, 2.75) is 91.1 Å². The number of carbonyl (C=O) groups is 5. The molecule has 2 aliphatic carbocycles. The summed E-state index contributed by atoms with van der Waals surface area (Å²) in [7, 11) is 0. The monoisotopic (exact) mass is 538 g/mol. The molecule has 0 aromatic rings. The Morgan fingerprint density at radius 3 is 2.18 bits per heavy atom. The van der Waals surface area contributed by atoms with Crippen molar-refractivity contribution in [3.63, 3.8) is 0 Å². The highest BCUT2D eigenvalue weighted by molar-refractivity contribution is 5.73. The van der Waals surface area contributed by atoms with E-state index >= 15 is 0 Å². The van der Waals surface area contributed by atoms with E-state index in [2.05, 4.69) is 0 Å². The van der Waals surface area contributed by atoms with Gasteiger partial charge < -0.3 is 28.8 Å². The molecular formula is C27H38O11. The molecule has 0 aliphatic heterocycles. The van der Waals surface area contributed by atoms with Gasteiger partial charge in [-0.25, -0.2) is 0 Å². The van der Waals surface area contributed by atoms with E-state index in [1.165, 1.54) is 26.8 Å². The zero-order valence-electron chi connectivity index (χ0n) is 23.0. The number of ether oxygens (including phenoxy) is 5. The first kappa shape index (κ1) is 31.0. The van der Waals surface area contributed by atoms with Crippen LogP contribution in [0.1, 0.15) is 67.7 Å². The molecule has 11 nitrogen and oxygen atoms in total. The number of hydrogen-bond acceptors (Lipinski definition) is 11. The molecule has 212 valence electrons. The zero-order chi connectivity index (χ0) is 28.8. The van der Waals surface area contributed by atoms with Crippen molar-refractivity contribution in [1.82, 2.24) is 0 Å². The van der Waals surface area contributed by atoms with Crippen molar-refractivity contribution in [2.75, 3.05) is 13.2 Å². The van der Waals surface area contributed by atoms with Crippen LogP contribution in [0.5, 0.6) is 0 Å². The molecule has 0 aromatic carbocycles. The smallest absolute Gasteiger partial charge is 0.310 e. The van der Waals surface area contributed by atoms with Gasteiger partial charge in [0.15, 0.2) is 6.10 Å². The summed E-state index contributed by atoms with van der Waals surface area (Å²) in [5, 5.41) is 11.9. The summed E-state index contributed by atoms with van der Waals surface area (Å²) in [6.07, 6.45) is 1.02. The van der Waals surface area contributed by atoms with Crippen LogP contribution < -0.4 is 0 Å². The van der Waals surface area contributed by atoms with E-state index in [4.69, 9.17) is 23.7 Å². The van der Waals surface area contributed by atoms with Crippen LogP contribution in [0.4, 0.5) is 0 Å². The second-order valence-electron chi connectivity index (χ2n) is 10.7. The summed E-state index contributed by atoms with van der Waals surface area (Å²) in [5.74, 6) is -3.97. The molecule has 0 bridgehead atoms. The highest BCUT2D eigenvalue weighted by atomic mass is 16.6. The lowest BCUT2D eigenvalue weighted by atomic mass is 9.75. The molecule has 0 saturated heterocycles. The third kappa shape index (κ3) is 8.41. The molecule has 11 heteroatoms. The quantitative estimate of drug-likeness (QED) is 0.305. The summed E-state index contributed by atoms with van der Waals surface area (Å²) in [6, 6.07) is 0. The molecule has 0 amide bonds. The van der Waals surface area contributed by atoms with Crippen LogP contribution in [0.3, 0.4) is 0 Å². The van der Waals surface area contributed by atoms with Crippen LogP contribution in [0.25, 0.3) is 0 Å². The summed E-state index contributed by atoms with van der Waals surface area (Å²) < 4.78 is 26.9. The number of carbonyl (C=O) groups excluding carboxylic acids is 5. The Morgan fingerprint density at radius 2 is 1.63 bits per heavy atom. The van der Waals surface area contributed by atoms with Crippen LogP contribution >= 0.6 is 0 Å². The maximum Gasteiger partial charge on any atom is 0.310 e. The van der Waals surface area contributed by atoms with Crippen LogP contribution in [-0.4, -0.2) is 71.6 Å².